The number of hydrogen-bond donors (Lipinski definition) is 0. The summed E-state index contributed by atoms with van der Waals surface area (Å²) in [6.07, 6.45) is 0.140. The number of amides is 1. The summed E-state index contributed by atoms with van der Waals surface area (Å²) in [5.41, 5.74) is -0.303. The molecule has 2 aromatic carbocycles. The Labute approximate surface area is 230 Å². The molecule has 5 rings (SSSR count). The molecule has 2 aliphatic heterocycles. The molecule has 1 fully saturated rings. The maximum Gasteiger partial charge on any atom is 0.410 e. The van der Waals surface area contributed by atoms with E-state index < -0.39 is 29.0 Å². The molecule has 0 bridgehead atoms. The minimum Gasteiger partial charge on any atom is -0.491 e. The van der Waals surface area contributed by atoms with E-state index in [1.54, 1.807) is 11.0 Å². The number of halogens is 3. The maximum absolute atomic E-state index is 14.9. The van der Waals surface area contributed by atoms with Crippen molar-refractivity contribution in [3.05, 3.63) is 51.4 Å². The molecule has 0 saturated carbocycles. The monoisotopic (exact) mass is 560 g/mol. The number of aromatic nitrogens is 2. The predicted molar refractivity (Wildman–Crippen MR) is 146 cm³/mol. The van der Waals surface area contributed by atoms with Crippen LogP contribution in [0.2, 0.25) is 5.02 Å². The van der Waals surface area contributed by atoms with Crippen molar-refractivity contribution in [2.45, 2.75) is 65.3 Å². The third kappa shape index (κ3) is 5.02. The molecular formula is C28H31ClF2N4O4. The van der Waals surface area contributed by atoms with Crippen LogP contribution in [0.4, 0.5) is 19.4 Å². The van der Waals surface area contributed by atoms with Crippen molar-refractivity contribution in [2.24, 2.45) is 0 Å². The molecule has 0 aliphatic carbocycles. The molecule has 0 radical (unpaired) electrons. The molecule has 0 spiro atoms. The van der Waals surface area contributed by atoms with E-state index in [4.69, 9.17) is 21.1 Å². The highest BCUT2D eigenvalue weighted by Crippen LogP contribution is 2.46. The van der Waals surface area contributed by atoms with Gasteiger partial charge in [0.05, 0.1) is 17.1 Å². The number of rotatable bonds is 2. The number of aryl methyl sites for hydroxylation is 1. The summed E-state index contributed by atoms with van der Waals surface area (Å²) < 4.78 is 41.8. The van der Waals surface area contributed by atoms with Gasteiger partial charge in [0.1, 0.15) is 23.1 Å². The molecule has 3 heterocycles. The Balaban J connectivity index is 1.65. The lowest BCUT2D eigenvalue weighted by atomic mass is 10.00. The second-order valence-electron chi connectivity index (χ2n) is 11.1. The first-order chi connectivity index (χ1) is 18.4. The Kier molecular flexibility index (Phi) is 6.95. The zero-order valence-electron chi connectivity index (χ0n) is 22.6. The van der Waals surface area contributed by atoms with Gasteiger partial charge in [0.25, 0.3) is 0 Å². The summed E-state index contributed by atoms with van der Waals surface area (Å²) in [7, 11) is 0. The lowest BCUT2D eigenvalue weighted by Gasteiger charge is -2.45. The van der Waals surface area contributed by atoms with E-state index in [0.717, 1.165) is 12.1 Å². The standard InChI is InChI=1S/C28H31ClF2N4O4/c1-15-14-35(27(37)39-28(3,4)5)16(2)13-34(15)25-19-12-20(29)22(18-8-7-17(30)11-21(18)31)24-23(19)33(26(36)32-25)9-6-10-38-24/h7-8,11-12,15-16H,6,9-10,13-14H2,1-5H3. The SMILES string of the molecule is CC1CN(c2nc(=O)n3c4c(c(-c5ccc(F)cc5F)c(Cl)cc24)OCCC3)C(C)CN1C(=O)OC(C)(C)C. The van der Waals surface area contributed by atoms with E-state index in [-0.39, 0.29) is 40.6 Å². The first kappa shape index (κ1) is 27.2. The molecule has 208 valence electrons. The Morgan fingerprint density at radius 3 is 2.59 bits per heavy atom. The van der Waals surface area contributed by atoms with Gasteiger partial charge in [-0.05, 0) is 59.2 Å². The van der Waals surface area contributed by atoms with Crippen molar-refractivity contribution in [3.8, 4) is 16.9 Å². The second-order valence-corrected chi connectivity index (χ2v) is 11.5. The van der Waals surface area contributed by atoms with Crippen LogP contribution in [-0.2, 0) is 11.3 Å². The normalized spacial score (nSPS) is 19.6. The summed E-state index contributed by atoms with van der Waals surface area (Å²) in [5.74, 6) is -0.829. The second kappa shape index (κ2) is 9.97. The molecule has 2 unspecified atom stereocenters. The number of carbonyl (C=O) groups excluding carboxylic acids is 1. The third-order valence-corrected chi connectivity index (χ3v) is 7.31. The van der Waals surface area contributed by atoms with Gasteiger partial charge in [0.15, 0.2) is 5.75 Å². The average Bonchev–Trinajstić information content (AvgIpc) is 3.06. The molecule has 8 nitrogen and oxygen atoms in total. The molecule has 11 heteroatoms. The van der Waals surface area contributed by atoms with Crippen molar-refractivity contribution < 1.29 is 23.0 Å². The van der Waals surface area contributed by atoms with Gasteiger partial charge >= 0.3 is 11.8 Å². The highest BCUT2D eigenvalue weighted by Gasteiger charge is 2.37. The van der Waals surface area contributed by atoms with Crippen LogP contribution in [0, 0.1) is 11.6 Å². The van der Waals surface area contributed by atoms with Crippen LogP contribution in [0.25, 0.3) is 22.0 Å². The van der Waals surface area contributed by atoms with E-state index in [1.807, 2.05) is 39.5 Å². The van der Waals surface area contributed by atoms with E-state index in [1.165, 1.54) is 10.6 Å². The molecule has 3 aromatic rings. The van der Waals surface area contributed by atoms with E-state index in [0.29, 0.717) is 42.8 Å². The number of hydrogen-bond acceptors (Lipinski definition) is 6. The van der Waals surface area contributed by atoms with Crippen LogP contribution in [0.1, 0.15) is 41.0 Å². The van der Waals surface area contributed by atoms with Gasteiger partial charge in [-0.1, -0.05) is 11.6 Å². The molecule has 39 heavy (non-hydrogen) atoms. The maximum atomic E-state index is 14.9. The molecule has 1 saturated heterocycles. The highest BCUT2D eigenvalue weighted by atomic mass is 35.5. The minimum atomic E-state index is -0.788. The summed E-state index contributed by atoms with van der Waals surface area (Å²) >= 11 is 6.76. The van der Waals surface area contributed by atoms with Gasteiger partial charge in [-0.2, -0.15) is 4.98 Å². The zero-order valence-corrected chi connectivity index (χ0v) is 23.3. The van der Waals surface area contributed by atoms with Gasteiger partial charge in [0.2, 0.25) is 0 Å². The van der Waals surface area contributed by atoms with Crippen LogP contribution in [0.5, 0.6) is 5.75 Å². The fourth-order valence-corrected chi connectivity index (χ4v) is 5.56. The van der Waals surface area contributed by atoms with Gasteiger partial charge in [-0.3, -0.25) is 4.57 Å². The summed E-state index contributed by atoms with van der Waals surface area (Å²) in [6.45, 7) is 10.7. The third-order valence-electron chi connectivity index (χ3n) is 7.01. The Bertz CT molecular complexity index is 1520. The summed E-state index contributed by atoms with van der Waals surface area (Å²) in [4.78, 5) is 34.3. The Morgan fingerprint density at radius 2 is 1.90 bits per heavy atom. The Morgan fingerprint density at radius 1 is 1.15 bits per heavy atom. The van der Waals surface area contributed by atoms with Crippen molar-refractivity contribution >= 4 is 34.4 Å². The number of piperazine rings is 1. The number of ether oxygens (including phenoxy) is 2. The highest BCUT2D eigenvalue weighted by molar-refractivity contribution is 6.35. The molecular weight excluding hydrogens is 530 g/mol. The predicted octanol–water partition coefficient (Wildman–Crippen LogP) is 5.61. The minimum absolute atomic E-state index is 0.0746. The quantitative estimate of drug-likeness (QED) is 0.405. The number of anilines is 1. The summed E-state index contributed by atoms with van der Waals surface area (Å²) in [5, 5.41) is 0.763. The summed E-state index contributed by atoms with van der Waals surface area (Å²) in [6, 6.07) is 4.47. The lowest BCUT2D eigenvalue weighted by molar-refractivity contribution is 0.0130. The Hall–Kier alpha value is -3.40. The molecule has 2 atom stereocenters. The first-order valence-electron chi connectivity index (χ1n) is 13.0. The molecule has 1 amide bonds. The van der Waals surface area contributed by atoms with E-state index >= 15 is 0 Å². The average molecular weight is 561 g/mol. The number of nitrogens with zero attached hydrogens (tertiary/aromatic N) is 4. The van der Waals surface area contributed by atoms with E-state index in [2.05, 4.69) is 4.98 Å². The van der Waals surface area contributed by atoms with Gasteiger partial charge < -0.3 is 19.3 Å². The van der Waals surface area contributed by atoms with Gasteiger partial charge in [0, 0.05) is 54.3 Å². The van der Waals surface area contributed by atoms with Crippen LogP contribution in [0.3, 0.4) is 0 Å². The largest absolute Gasteiger partial charge is 0.491 e. The lowest BCUT2D eigenvalue weighted by Crippen LogP contribution is -2.59. The molecule has 1 aromatic heterocycles. The topological polar surface area (TPSA) is 76.9 Å². The van der Waals surface area contributed by atoms with Crippen molar-refractivity contribution in [1.29, 1.82) is 0 Å². The zero-order chi connectivity index (χ0) is 28.2. The first-order valence-corrected chi connectivity index (χ1v) is 13.3. The molecule has 0 N–H and O–H groups in total. The van der Waals surface area contributed by atoms with Crippen LogP contribution < -0.4 is 15.3 Å². The number of carbonyl (C=O) groups is 1. The smallest absolute Gasteiger partial charge is 0.410 e. The van der Waals surface area contributed by atoms with Crippen molar-refractivity contribution in [2.75, 3.05) is 24.6 Å². The van der Waals surface area contributed by atoms with Crippen LogP contribution in [0.15, 0.2) is 29.1 Å². The van der Waals surface area contributed by atoms with Crippen LogP contribution in [-0.4, -0.2) is 57.9 Å². The van der Waals surface area contributed by atoms with Gasteiger partial charge in [-0.15, -0.1) is 0 Å². The van der Waals surface area contributed by atoms with Crippen molar-refractivity contribution in [3.63, 3.8) is 0 Å². The van der Waals surface area contributed by atoms with E-state index in [9.17, 15) is 18.4 Å². The fraction of sp³-hybridized carbons (Fsp3) is 0.464. The molecule has 2 aliphatic rings. The van der Waals surface area contributed by atoms with Gasteiger partial charge in [-0.25, -0.2) is 18.4 Å². The van der Waals surface area contributed by atoms with Crippen LogP contribution >= 0.6 is 11.6 Å². The number of benzene rings is 2. The fourth-order valence-electron chi connectivity index (χ4n) is 5.27. The van der Waals surface area contributed by atoms with Crippen molar-refractivity contribution in [1.82, 2.24) is 14.5 Å².